The monoisotopic (exact) mass is 286 g/mol. The molecule has 0 unspecified atom stereocenters. The van der Waals surface area contributed by atoms with Crippen molar-refractivity contribution in [3.8, 4) is 5.75 Å². The minimum Gasteiger partial charge on any atom is -0.487 e. The minimum absolute atomic E-state index is 0.0587. The molecular formula is C13H13ClF2N2O. The second kappa shape index (κ2) is 6.02. The van der Waals surface area contributed by atoms with E-state index in [0.717, 1.165) is 5.69 Å². The number of ether oxygens (including phenoxy) is 1. The van der Waals surface area contributed by atoms with Gasteiger partial charge in [0.2, 0.25) is 0 Å². The Morgan fingerprint density at radius 1 is 1.32 bits per heavy atom. The summed E-state index contributed by atoms with van der Waals surface area (Å²) < 4.78 is 34.1. The zero-order valence-corrected chi connectivity index (χ0v) is 11.1. The maximum Gasteiger partial charge on any atom is 0.190 e. The Bertz CT molecular complexity index is 549. The normalized spacial score (nSPS) is 10.7. The van der Waals surface area contributed by atoms with E-state index < -0.39 is 11.6 Å². The Balaban J connectivity index is 2.02. The molecule has 2 aromatic rings. The lowest BCUT2D eigenvalue weighted by Crippen LogP contribution is -2.08. The molecule has 0 N–H and O–H groups in total. The molecule has 0 bridgehead atoms. The molecule has 2 rings (SSSR count). The Morgan fingerprint density at radius 2 is 2.00 bits per heavy atom. The summed E-state index contributed by atoms with van der Waals surface area (Å²) in [4.78, 5) is 0. The van der Waals surface area contributed by atoms with Crippen molar-refractivity contribution < 1.29 is 13.5 Å². The van der Waals surface area contributed by atoms with Crippen LogP contribution in [0.2, 0.25) is 0 Å². The van der Waals surface area contributed by atoms with E-state index in [-0.39, 0.29) is 18.2 Å². The van der Waals surface area contributed by atoms with E-state index in [1.807, 2.05) is 6.07 Å². The molecule has 19 heavy (non-hydrogen) atoms. The topological polar surface area (TPSA) is 27.1 Å². The highest BCUT2D eigenvalue weighted by atomic mass is 35.5. The van der Waals surface area contributed by atoms with Crippen molar-refractivity contribution in [3.63, 3.8) is 0 Å². The Kier molecular flexibility index (Phi) is 4.37. The third kappa shape index (κ3) is 3.23. The van der Waals surface area contributed by atoms with Crippen LogP contribution in [0.4, 0.5) is 8.78 Å². The molecule has 1 heterocycles. The van der Waals surface area contributed by atoms with Gasteiger partial charge in [0.1, 0.15) is 0 Å². The van der Waals surface area contributed by atoms with E-state index >= 15 is 0 Å². The fraction of sp³-hybridized carbons (Fsp3) is 0.308. The molecule has 0 aliphatic rings. The summed E-state index contributed by atoms with van der Waals surface area (Å²) in [6, 6.07) is 4.18. The lowest BCUT2D eigenvalue weighted by atomic mass is 10.2. The van der Waals surface area contributed by atoms with E-state index in [0.29, 0.717) is 12.0 Å². The first-order chi connectivity index (χ1) is 9.11. The third-order valence-corrected chi connectivity index (χ3v) is 3.05. The quantitative estimate of drug-likeness (QED) is 0.790. The maximum absolute atomic E-state index is 13.6. The molecule has 1 aromatic heterocycles. The number of hydrogen-bond acceptors (Lipinski definition) is 2. The molecule has 0 atom stereocenters. The second-order valence-electron chi connectivity index (χ2n) is 4.07. The van der Waals surface area contributed by atoms with Crippen molar-refractivity contribution in [2.24, 2.45) is 7.05 Å². The first-order valence-electron chi connectivity index (χ1n) is 5.75. The average Bonchev–Trinajstić information content (AvgIpc) is 2.78. The first kappa shape index (κ1) is 13.8. The Morgan fingerprint density at radius 3 is 2.53 bits per heavy atom. The third-order valence-electron chi connectivity index (χ3n) is 2.74. The fourth-order valence-corrected chi connectivity index (χ4v) is 1.89. The van der Waals surface area contributed by atoms with Crippen molar-refractivity contribution in [3.05, 3.63) is 47.3 Å². The molecule has 0 amide bonds. The van der Waals surface area contributed by atoms with Gasteiger partial charge in [-0.1, -0.05) is 0 Å². The molecule has 0 spiro atoms. The van der Waals surface area contributed by atoms with Crippen LogP contribution in [0.5, 0.6) is 5.75 Å². The highest BCUT2D eigenvalue weighted by Crippen LogP contribution is 2.24. The Hall–Kier alpha value is -1.62. The summed E-state index contributed by atoms with van der Waals surface area (Å²) >= 11 is 5.53. The second-order valence-corrected chi connectivity index (χ2v) is 4.33. The maximum atomic E-state index is 13.6. The van der Waals surface area contributed by atoms with E-state index in [1.54, 1.807) is 17.9 Å². The largest absolute Gasteiger partial charge is 0.487 e. The summed E-state index contributed by atoms with van der Waals surface area (Å²) in [6.07, 6.45) is 2.18. The van der Waals surface area contributed by atoms with E-state index in [2.05, 4.69) is 5.10 Å². The van der Waals surface area contributed by atoms with Gasteiger partial charge >= 0.3 is 0 Å². The zero-order chi connectivity index (χ0) is 13.8. The van der Waals surface area contributed by atoms with Crippen LogP contribution in [-0.2, 0) is 19.3 Å². The zero-order valence-electron chi connectivity index (χ0n) is 10.4. The van der Waals surface area contributed by atoms with Gasteiger partial charge in [0.05, 0.1) is 6.61 Å². The number of alkyl halides is 1. The van der Waals surface area contributed by atoms with Crippen LogP contribution in [0, 0.1) is 11.6 Å². The van der Waals surface area contributed by atoms with Crippen LogP contribution >= 0.6 is 11.6 Å². The van der Waals surface area contributed by atoms with Gasteiger partial charge in [-0.25, -0.2) is 8.78 Å². The summed E-state index contributed by atoms with van der Waals surface area (Å²) in [5.41, 5.74) is 1.31. The van der Waals surface area contributed by atoms with Crippen molar-refractivity contribution in [1.29, 1.82) is 0 Å². The number of aryl methyl sites for hydroxylation is 1. The van der Waals surface area contributed by atoms with E-state index in [4.69, 9.17) is 16.3 Å². The highest BCUT2D eigenvalue weighted by molar-refractivity contribution is 6.17. The van der Waals surface area contributed by atoms with Gasteiger partial charge in [-0.2, -0.15) is 5.10 Å². The van der Waals surface area contributed by atoms with Crippen LogP contribution in [0.25, 0.3) is 0 Å². The molecule has 1 aromatic carbocycles. The summed E-state index contributed by atoms with van der Waals surface area (Å²) in [6.45, 7) is 0.174. The average molecular weight is 287 g/mol. The molecule has 0 aliphatic carbocycles. The molecule has 0 saturated heterocycles. The lowest BCUT2D eigenvalue weighted by Gasteiger charge is -2.09. The highest BCUT2D eigenvalue weighted by Gasteiger charge is 2.12. The summed E-state index contributed by atoms with van der Waals surface area (Å²) in [7, 11) is 1.80. The van der Waals surface area contributed by atoms with Gasteiger partial charge in [-0.15, -0.1) is 11.6 Å². The van der Waals surface area contributed by atoms with Crippen molar-refractivity contribution in [1.82, 2.24) is 9.78 Å². The van der Waals surface area contributed by atoms with E-state index in [1.165, 1.54) is 12.1 Å². The number of hydrogen-bond donors (Lipinski definition) is 0. The summed E-state index contributed by atoms with van der Waals surface area (Å²) in [5, 5.41) is 4.00. The molecule has 6 heteroatoms. The van der Waals surface area contributed by atoms with Gasteiger partial charge in [0, 0.05) is 31.2 Å². The molecule has 102 valence electrons. The Labute approximate surface area is 114 Å². The van der Waals surface area contributed by atoms with Crippen LogP contribution in [-0.4, -0.2) is 16.4 Å². The van der Waals surface area contributed by atoms with Crippen molar-refractivity contribution in [2.75, 3.05) is 6.61 Å². The lowest BCUT2D eigenvalue weighted by molar-refractivity contribution is 0.285. The first-order valence-corrected chi connectivity index (χ1v) is 6.29. The van der Waals surface area contributed by atoms with Gasteiger partial charge in [-0.3, -0.25) is 4.68 Å². The van der Waals surface area contributed by atoms with Gasteiger partial charge < -0.3 is 4.74 Å². The van der Waals surface area contributed by atoms with Gasteiger partial charge in [-0.05, 0) is 23.8 Å². The standard InChI is InChI=1S/C13H13ClF2N2O/c1-18-10(2-4-17-18)3-5-19-13-11(15)6-9(8-14)7-12(13)16/h2,4,6-7H,3,5,8H2,1H3. The molecule has 0 fully saturated rings. The SMILES string of the molecule is Cn1nccc1CCOc1c(F)cc(CCl)cc1F. The minimum atomic E-state index is -0.736. The van der Waals surface area contributed by atoms with Crippen LogP contribution in [0.1, 0.15) is 11.3 Å². The molecule has 3 nitrogen and oxygen atoms in total. The van der Waals surface area contributed by atoms with Crippen LogP contribution < -0.4 is 4.74 Å². The van der Waals surface area contributed by atoms with Crippen LogP contribution in [0.3, 0.4) is 0 Å². The number of aromatic nitrogens is 2. The molecule has 0 radical (unpaired) electrons. The van der Waals surface area contributed by atoms with E-state index in [9.17, 15) is 8.78 Å². The molecular weight excluding hydrogens is 274 g/mol. The number of benzene rings is 1. The fourth-order valence-electron chi connectivity index (χ4n) is 1.73. The predicted molar refractivity (Wildman–Crippen MR) is 68.3 cm³/mol. The number of halogens is 3. The predicted octanol–water partition coefficient (Wildman–Crippen LogP) is 3.06. The van der Waals surface area contributed by atoms with Gasteiger partial charge in [0.15, 0.2) is 17.4 Å². The summed E-state index contributed by atoms with van der Waals surface area (Å²) in [5.74, 6) is -1.78. The number of rotatable bonds is 5. The smallest absolute Gasteiger partial charge is 0.190 e. The van der Waals surface area contributed by atoms with Gasteiger partial charge in [0.25, 0.3) is 0 Å². The molecule has 0 aliphatic heterocycles. The van der Waals surface area contributed by atoms with Crippen molar-refractivity contribution in [2.45, 2.75) is 12.3 Å². The van der Waals surface area contributed by atoms with Crippen molar-refractivity contribution >= 4 is 11.6 Å². The van der Waals surface area contributed by atoms with Crippen LogP contribution in [0.15, 0.2) is 24.4 Å². The molecule has 0 saturated carbocycles. The number of nitrogens with zero attached hydrogens (tertiary/aromatic N) is 2.